The van der Waals surface area contributed by atoms with Gasteiger partial charge >= 0.3 is 0 Å². The Morgan fingerprint density at radius 1 is 1.26 bits per heavy atom. The second-order valence-electron chi connectivity index (χ2n) is 7.40. The normalized spacial score (nSPS) is 29.0. The third-order valence-corrected chi connectivity index (χ3v) is 8.82. The van der Waals surface area contributed by atoms with E-state index < -0.39 is 38.0 Å². The molecular weight excluding hydrogens is 396 g/mol. The number of carbonyl (C=O) groups is 1. The Bertz CT molecular complexity index is 962. The molecule has 3 aliphatic rings. The van der Waals surface area contributed by atoms with Crippen molar-refractivity contribution in [1.29, 1.82) is 0 Å². The van der Waals surface area contributed by atoms with Gasteiger partial charge in [0.15, 0.2) is 5.76 Å². The molecule has 0 radical (unpaired) electrons. The molecule has 1 amide bonds. The molecule has 1 aliphatic carbocycles. The highest BCUT2D eigenvalue weighted by molar-refractivity contribution is 7.90. The first-order valence-corrected chi connectivity index (χ1v) is 11.9. The summed E-state index contributed by atoms with van der Waals surface area (Å²) in [7, 11) is -7.45. The van der Waals surface area contributed by atoms with Crippen molar-refractivity contribution in [2.75, 3.05) is 18.8 Å². The molecule has 27 heavy (non-hydrogen) atoms. The maximum atomic E-state index is 12.9. The fourth-order valence-corrected chi connectivity index (χ4v) is 7.25. The summed E-state index contributed by atoms with van der Waals surface area (Å²) >= 11 is 0. The summed E-state index contributed by atoms with van der Waals surface area (Å²) in [5, 5.41) is 3.67. The fraction of sp³-hybridized carbons (Fsp3) is 0.733. The predicted octanol–water partition coefficient (Wildman–Crippen LogP) is -0.653. The summed E-state index contributed by atoms with van der Waals surface area (Å²) in [4.78, 5) is 14.7. The van der Waals surface area contributed by atoms with E-state index in [-0.39, 0.29) is 47.7 Å². The first-order valence-electron chi connectivity index (χ1n) is 8.85. The molecule has 1 aromatic rings. The monoisotopic (exact) mass is 418 g/mol. The van der Waals surface area contributed by atoms with E-state index in [1.807, 2.05) is 0 Å². The Morgan fingerprint density at radius 3 is 2.56 bits per heavy atom. The van der Waals surface area contributed by atoms with Gasteiger partial charge in [0.1, 0.15) is 10.6 Å². The first kappa shape index (κ1) is 18.8. The summed E-state index contributed by atoms with van der Waals surface area (Å²) < 4.78 is 58.9. The van der Waals surface area contributed by atoms with Gasteiger partial charge in [-0.2, -0.15) is 0 Å². The maximum Gasteiger partial charge on any atom is 0.253 e. The number of aromatic nitrogens is 1. The van der Waals surface area contributed by atoms with Gasteiger partial charge in [0.2, 0.25) is 20.0 Å². The van der Waals surface area contributed by atoms with E-state index in [1.165, 1.54) is 6.92 Å². The van der Waals surface area contributed by atoms with Crippen LogP contribution in [0.3, 0.4) is 0 Å². The number of rotatable bonds is 4. The number of sulfonamides is 2. The Balaban J connectivity index is 1.54. The Morgan fingerprint density at radius 2 is 1.96 bits per heavy atom. The number of nitrogens with one attached hydrogen (secondary N) is 1. The number of hydrogen-bond acceptors (Lipinski definition) is 8. The van der Waals surface area contributed by atoms with Crippen LogP contribution in [-0.2, 0) is 24.8 Å². The number of amides is 1. The number of hydrogen-bond donors (Lipinski definition) is 1. The third kappa shape index (κ3) is 3.28. The molecule has 0 aromatic carbocycles. The van der Waals surface area contributed by atoms with Crippen LogP contribution in [0.2, 0.25) is 0 Å². The highest BCUT2D eigenvalue weighted by atomic mass is 32.2. The van der Waals surface area contributed by atoms with Crippen molar-refractivity contribution in [3.63, 3.8) is 0 Å². The largest absolute Gasteiger partial charge is 0.360 e. The molecule has 4 rings (SSSR count). The smallest absolute Gasteiger partial charge is 0.253 e. The zero-order chi connectivity index (χ0) is 19.6. The van der Waals surface area contributed by atoms with Gasteiger partial charge in [0.25, 0.3) is 5.91 Å². The fourth-order valence-electron chi connectivity index (χ4n) is 3.96. The van der Waals surface area contributed by atoms with E-state index in [0.717, 1.165) is 4.31 Å². The van der Waals surface area contributed by atoms with Crippen molar-refractivity contribution in [3.8, 4) is 0 Å². The molecule has 2 aliphatic heterocycles. The van der Waals surface area contributed by atoms with Gasteiger partial charge in [-0.15, -0.1) is 0 Å². The lowest BCUT2D eigenvalue weighted by Gasteiger charge is -2.23. The molecule has 0 unspecified atom stereocenters. The van der Waals surface area contributed by atoms with Gasteiger partial charge in [0, 0.05) is 25.2 Å². The zero-order valence-corrected chi connectivity index (χ0v) is 16.7. The van der Waals surface area contributed by atoms with E-state index in [4.69, 9.17) is 4.52 Å². The summed E-state index contributed by atoms with van der Waals surface area (Å²) in [5.74, 6) is -0.363. The standard InChI is InChI=1S/C15H22N4O6S2/c1-9-14(10(2)25-16-9)27(23,24)17-11-7-13-15(20)19(12-3-4-12)26(21,22)6-5-18(13)8-11/h11-13,17H,3-8H2,1-2H3/t11-,13-/m0/s1. The van der Waals surface area contributed by atoms with Gasteiger partial charge in [0.05, 0.1) is 11.8 Å². The average molecular weight is 418 g/mol. The predicted molar refractivity (Wildman–Crippen MR) is 93.7 cm³/mol. The molecule has 2 atom stereocenters. The minimum absolute atomic E-state index is 0.0121. The van der Waals surface area contributed by atoms with E-state index in [9.17, 15) is 21.6 Å². The van der Waals surface area contributed by atoms with Gasteiger partial charge in [-0.25, -0.2) is 25.9 Å². The number of aryl methyl sites for hydroxylation is 2. The molecule has 3 fully saturated rings. The Labute approximate surface area is 158 Å². The molecular formula is C15H22N4O6S2. The van der Waals surface area contributed by atoms with Crippen molar-refractivity contribution in [1.82, 2.24) is 19.1 Å². The molecule has 3 heterocycles. The summed E-state index contributed by atoms with van der Waals surface area (Å²) in [6, 6.07) is -1.35. The van der Waals surface area contributed by atoms with Crippen LogP contribution in [0.15, 0.2) is 9.42 Å². The minimum Gasteiger partial charge on any atom is -0.360 e. The van der Waals surface area contributed by atoms with Crippen molar-refractivity contribution in [3.05, 3.63) is 11.5 Å². The van der Waals surface area contributed by atoms with Crippen molar-refractivity contribution in [2.24, 2.45) is 0 Å². The van der Waals surface area contributed by atoms with Gasteiger partial charge in [-0.3, -0.25) is 9.69 Å². The lowest BCUT2D eigenvalue weighted by Crippen LogP contribution is -2.45. The summed E-state index contributed by atoms with van der Waals surface area (Å²) in [5.41, 5.74) is 0.273. The van der Waals surface area contributed by atoms with E-state index in [0.29, 0.717) is 12.8 Å². The molecule has 2 saturated heterocycles. The van der Waals surface area contributed by atoms with Crippen LogP contribution in [0.1, 0.15) is 30.7 Å². The third-order valence-electron chi connectivity index (χ3n) is 5.28. The highest BCUT2D eigenvalue weighted by Crippen LogP contribution is 2.34. The van der Waals surface area contributed by atoms with E-state index in [1.54, 1.807) is 11.8 Å². The molecule has 10 nitrogen and oxygen atoms in total. The molecule has 1 aromatic heterocycles. The van der Waals surface area contributed by atoms with Crippen LogP contribution in [0.25, 0.3) is 0 Å². The van der Waals surface area contributed by atoms with Crippen LogP contribution in [-0.4, -0.2) is 74.1 Å². The average Bonchev–Trinajstić information content (AvgIpc) is 3.21. The maximum absolute atomic E-state index is 12.9. The Hall–Kier alpha value is -1.50. The van der Waals surface area contributed by atoms with Crippen LogP contribution in [0, 0.1) is 13.8 Å². The lowest BCUT2D eigenvalue weighted by atomic mass is 10.1. The van der Waals surface area contributed by atoms with Crippen molar-refractivity contribution < 1.29 is 26.2 Å². The van der Waals surface area contributed by atoms with Gasteiger partial charge in [-0.1, -0.05) is 5.16 Å². The van der Waals surface area contributed by atoms with E-state index >= 15 is 0 Å². The quantitative estimate of drug-likeness (QED) is 0.683. The molecule has 12 heteroatoms. The van der Waals surface area contributed by atoms with E-state index in [2.05, 4.69) is 9.88 Å². The topological polar surface area (TPSA) is 130 Å². The molecule has 1 N–H and O–H groups in total. The molecule has 150 valence electrons. The number of nitrogens with zero attached hydrogens (tertiary/aromatic N) is 3. The Kier molecular flexibility index (Phi) is 4.37. The lowest BCUT2D eigenvalue weighted by molar-refractivity contribution is -0.130. The zero-order valence-electron chi connectivity index (χ0n) is 15.1. The number of carbonyl (C=O) groups excluding carboxylic acids is 1. The van der Waals surface area contributed by atoms with Crippen LogP contribution in [0.5, 0.6) is 0 Å². The van der Waals surface area contributed by atoms with Gasteiger partial charge < -0.3 is 4.52 Å². The molecule has 0 bridgehead atoms. The molecule has 1 saturated carbocycles. The highest BCUT2D eigenvalue weighted by Gasteiger charge is 2.50. The van der Waals surface area contributed by atoms with Crippen LogP contribution >= 0.6 is 0 Å². The second-order valence-corrected chi connectivity index (χ2v) is 11.0. The van der Waals surface area contributed by atoms with Crippen molar-refractivity contribution >= 4 is 26.0 Å². The second kappa shape index (κ2) is 6.26. The SMILES string of the molecule is Cc1noc(C)c1S(=O)(=O)N[C@H]1C[C@H]2C(=O)N(C3CC3)S(=O)(=O)CCN2C1. The van der Waals surface area contributed by atoms with Crippen molar-refractivity contribution in [2.45, 2.75) is 56.1 Å². The van der Waals surface area contributed by atoms with Crippen LogP contribution < -0.4 is 4.72 Å². The first-order chi connectivity index (χ1) is 12.6. The van der Waals surface area contributed by atoms with Gasteiger partial charge in [-0.05, 0) is 33.1 Å². The summed E-state index contributed by atoms with van der Waals surface area (Å²) in [6.45, 7) is 3.58. The minimum atomic E-state index is -3.85. The summed E-state index contributed by atoms with van der Waals surface area (Å²) in [6.07, 6.45) is 1.62. The van der Waals surface area contributed by atoms with Crippen LogP contribution in [0.4, 0.5) is 0 Å². The molecule has 0 spiro atoms. The number of fused-ring (bicyclic) bond motifs is 1.